The molecule has 1 saturated heterocycles. The quantitative estimate of drug-likeness (QED) is 0.222. The van der Waals surface area contributed by atoms with Crippen molar-refractivity contribution in [2.75, 3.05) is 63.3 Å². The monoisotopic (exact) mass is 514 g/mol. The van der Waals surface area contributed by atoms with Crippen LogP contribution in [-0.2, 0) is 26.4 Å². The van der Waals surface area contributed by atoms with E-state index in [2.05, 4.69) is 15.4 Å². The van der Waals surface area contributed by atoms with Gasteiger partial charge in [-0.05, 0) is 0 Å². The highest BCUT2D eigenvalue weighted by atomic mass is 127. The SMILES string of the molecule is CN=C(NCCOCCS(C)(=O)=O)N1CCN(c2cnn(C)c2)C(=O)C1.I. The molecule has 1 aromatic heterocycles. The number of guanidine groups is 1. The first-order valence-electron chi connectivity index (χ1n) is 8.30. The van der Waals surface area contributed by atoms with Crippen molar-refractivity contribution >= 4 is 51.4 Å². The largest absolute Gasteiger partial charge is 0.379 e. The summed E-state index contributed by atoms with van der Waals surface area (Å²) in [5, 5.41) is 7.23. The highest BCUT2D eigenvalue weighted by Crippen LogP contribution is 2.15. The number of carbonyl (C=O) groups excluding carboxylic acids is 1. The highest BCUT2D eigenvalue weighted by Gasteiger charge is 2.27. The van der Waals surface area contributed by atoms with Crippen molar-refractivity contribution in [3.8, 4) is 0 Å². The van der Waals surface area contributed by atoms with Crippen LogP contribution in [0, 0.1) is 0 Å². The Hall–Kier alpha value is -1.41. The van der Waals surface area contributed by atoms with Crippen molar-refractivity contribution < 1.29 is 17.9 Å². The zero-order valence-electron chi connectivity index (χ0n) is 15.8. The van der Waals surface area contributed by atoms with Gasteiger partial charge in [-0.25, -0.2) is 8.42 Å². The van der Waals surface area contributed by atoms with Crippen LogP contribution in [0.1, 0.15) is 0 Å². The van der Waals surface area contributed by atoms with Gasteiger partial charge in [0.2, 0.25) is 5.91 Å². The number of rotatable bonds is 7. The summed E-state index contributed by atoms with van der Waals surface area (Å²) < 4.78 is 29.0. The van der Waals surface area contributed by atoms with E-state index in [0.717, 1.165) is 5.69 Å². The van der Waals surface area contributed by atoms with Gasteiger partial charge in [-0.15, -0.1) is 24.0 Å². The number of piperazine rings is 1. The number of anilines is 1. The molecule has 1 fully saturated rings. The molecule has 27 heavy (non-hydrogen) atoms. The Morgan fingerprint density at radius 3 is 2.67 bits per heavy atom. The van der Waals surface area contributed by atoms with Crippen molar-refractivity contribution in [3.63, 3.8) is 0 Å². The van der Waals surface area contributed by atoms with Crippen LogP contribution in [-0.4, -0.2) is 93.4 Å². The molecule has 0 radical (unpaired) electrons. The summed E-state index contributed by atoms with van der Waals surface area (Å²) in [6, 6.07) is 0. The molecule has 1 N–H and O–H groups in total. The number of aliphatic imine (C=N–C) groups is 1. The fraction of sp³-hybridized carbons (Fsp3) is 0.667. The second kappa shape index (κ2) is 10.8. The third-order valence-electron chi connectivity index (χ3n) is 3.86. The van der Waals surface area contributed by atoms with E-state index < -0.39 is 9.84 Å². The first-order chi connectivity index (χ1) is 12.3. The number of sulfone groups is 1. The Kier molecular flexibility index (Phi) is 9.45. The summed E-state index contributed by atoms with van der Waals surface area (Å²) in [5.41, 5.74) is 0.791. The third kappa shape index (κ3) is 7.62. The van der Waals surface area contributed by atoms with E-state index in [1.807, 2.05) is 18.1 Å². The van der Waals surface area contributed by atoms with Crippen molar-refractivity contribution in [1.82, 2.24) is 20.0 Å². The van der Waals surface area contributed by atoms with Gasteiger partial charge in [-0.1, -0.05) is 0 Å². The number of aromatic nitrogens is 2. The molecule has 0 aromatic carbocycles. The van der Waals surface area contributed by atoms with Crippen molar-refractivity contribution in [2.45, 2.75) is 0 Å². The van der Waals surface area contributed by atoms with Crippen LogP contribution in [0.2, 0.25) is 0 Å². The summed E-state index contributed by atoms with van der Waals surface area (Å²) in [4.78, 5) is 20.2. The lowest BCUT2D eigenvalue weighted by molar-refractivity contribution is -0.120. The number of ether oxygens (including phenoxy) is 1. The summed E-state index contributed by atoms with van der Waals surface area (Å²) >= 11 is 0. The average molecular weight is 514 g/mol. The fourth-order valence-electron chi connectivity index (χ4n) is 2.55. The van der Waals surface area contributed by atoms with E-state index in [9.17, 15) is 13.2 Å². The minimum absolute atomic E-state index is 0. The molecular formula is C15H27IN6O4S. The summed E-state index contributed by atoms with van der Waals surface area (Å²) in [6.07, 6.45) is 4.67. The minimum Gasteiger partial charge on any atom is -0.379 e. The molecule has 1 aliphatic heterocycles. The highest BCUT2D eigenvalue weighted by molar-refractivity contribution is 14.0. The molecule has 2 rings (SSSR count). The van der Waals surface area contributed by atoms with Crippen LogP contribution in [0.5, 0.6) is 0 Å². The molecule has 10 nitrogen and oxygen atoms in total. The Balaban J connectivity index is 0.00000364. The Morgan fingerprint density at radius 2 is 2.11 bits per heavy atom. The topological polar surface area (TPSA) is 109 Å². The van der Waals surface area contributed by atoms with E-state index in [-0.39, 0.29) is 48.8 Å². The average Bonchev–Trinajstić information content (AvgIpc) is 2.99. The molecule has 1 aromatic rings. The first-order valence-corrected chi connectivity index (χ1v) is 10.4. The number of hydrogen-bond donors (Lipinski definition) is 1. The van der Waals surface area contributed by atoms with Gasteiger partial charge in [0.25, 0.3) is 0 Å². The Bertz CT molecular complexity index is 751. The zero-order chi connectivity index (χ0) is 19.2. The van der Waals surface area contributed by atoms with Crippen LogP contribution in [0.15, 0.2) is 17.4 Å². The lowest BCUT2D eigenvalue weighted by atomic mass is 10.3. The predicted octanol–water partition coefficient (Wildman–Crippen LogP) is -0.677. The van der Waals surface area contributed by atoms with Crippen LogP contribution < -0.4 is 10.2 Å². The molecule has 12 heteroatoms. The molecular weight excluding hydrogens is 487 g/mol. The number of hydrogen-bond acceptors (Lipinski definition) is 6. The molecule has 0 bridgehead atoms. The molecule has 0 aliphatic carbocycles. The second-order valence-electron chi connectivity index (χ2n) is 6.06. The molecule has 1 aliphatic rings. The predicted molar refractivity (Wildman–Crippen MR) is 114 cm³/mol. The maximum Gasteiger partial charge on any atom is 0.246 e. The maximum atomic E-state index is 12.4. The van der Waals surface area contributed by atoms with Crippen LogP contribution in [0.25, 0.3) is 0 Å². The second-order valence-corrected chi connectivity index (χ2v) is 8.32. The summed E-state index contributed by atoms with van der Waals surface area (Å²) in [5.74, 6) is 0.611. The smallest absolute Gasteiger partial charge is 0.246 e. The first kappa shape index (κ1) is 23.6. The van der Waals surface area contributed by atoms with E-state index in [1.165, 1.54) is 6.26 Å². The van der Waals surface area contributed by atoms with Crippen molar-refractivity contribution in [1.29, 1.82) is 0 Å². The van der Waals surface area contributed by atoms with Gasteiger partial charge in [0, 0.05) is 46.2 Å². The number of aryl methyl sites for hydroxylation is 1. The van der Waals surface area contributed by atoms with Crippen molar-refractivity contribution in [3.05, 3.63) is 12.4 Å². The number of nitrogens with zero attached hydrogens (tertiary/aromatic N) is 5. The minimum atomic E-state index is -3.01. The lowest BCUT2D eigenvalue weighted by Gasteiger charge is -2.35. The standard InChI is InChI=1S/C15H26N6O4S.HI/c1-16-15(17-4-7-25-8-9-26(3,23)24)20-5-6-21(14(22)12-20)13-10-18-19(2)11-13;/h10-11H,4-9,12H2,1-3H3,(H,16,17);1H. The fourth-order valence-corrected chi connectivity index (χ4v) is 2.97. The number of nitrogens with one attached hydrogen (secondary N) is 1. The molecule has 154 valence electrons. The van der Waals surface area contributed by atoms with Gasteiger partial charge in [0.15, 0.2) is 5.96 Å². The van der Waals surface area contributed by atoms with Crippen LogP contribution in [0.4, 0.5) is 5.69 Å². The lowest BCUT2D eigenvalue weighted by Crippen LogP contribution is -2.55. The molecule has 2 heterocycles. The normalized spacial score (nSPS) is 15.7. The van der Waals surface area contributed by atoms with Crippen molar-refractivity contribution in [2.24, 2.45) is 12.0 Å². The van der Waals surface area contributed by atoms with Crippen LogP contribution >= 0.6 is 24.0 Å². The molecule has 0 saturated carbocycles. The van der Waals surface area contributed by atoms with Gasteiger partial charge >= 0.3 is 0 Å². The van der Waals surface area contributed by atoms with Gasteiger partial charge in [-0.2, -0.15) is 5.10 Å². The third-order valence-corrected chi connectivity index (χ3v) is 4.77. The Morgan fingerprint density at radius 1 is 1.37 bits per heavy atom. The number of carbonyl (C=O) groups is 1. The van der Waals surface area contributed by atoms with E-state index in [1.54, 1.807) is 22.8 Å². The van der Waals surface area contributed by atoms with E-state index >= 15 is 0 Å². The zero-order valence-corrected chi connectivity index (χ0v) is 18.9. The van der Waals surface area contributed by atoms with Gasteiger partial charge in [-0.3, -0.25) is 14.5 Å². The van der Waals surface area contributed by atoms with Gasteiger partial charge in [0.05, 0.1) is 30.9 Å². The molecule has 0 spiro atoms. The number of amides is 1. The number of halogens is 1. The molecule has 0 atom stereocenters. The molecule has 0 unspecified atom stereocenters. The van der Waals surface area contributed by atoms with E-state index in [0.29, 0.717) is 32.2 Å². The van der Waals surface area contributed by atoms with Gasteiger partial charge < -0.3 is 19.9 Å². The van der Waals surface area contributed by atoms with Gasteiger partial charge in [0.1, 0.15) is 16.4 Å². The van der Waals surface area contributed by atoms with E-state index in [4.69, 9.17) is 4.74 Å². The summed E-state index contributed by atoms with van der Waals surface area (Å²) in [6.45, 7) is 2.43. The maximum absolute atomic E-state index is 12.4. The Labute approximate surface area is 176 Å². The summed E-state index contributed by atoms with van der Waals surface area (Å²) in [7, 11) is 0.463. The molecule has 1 amide bonds. The van der Waals surface area contributed by atoms with Crippen LogP contribution in [0.3, 0.4) is 0 Å².